The Morgan fingerprint density at radius 3 is 2.68 bits per heavy atom. The summed E-state index contributed by atoms with van der Waals surface area (Å²) in [5.74, 6) is -1.57. The molecule has 3 aromatic rings. The number of carbonyl (C=O) groups is 2. The lowest BCUT2D eigenvalue weighted by Gasteiger charge is -2.32. The van der Waals surface area contributed by atoms with Crippen molar-refractivity contribution in [2.45, 2.75) is 37.7 Å². The predicted octanol–water partition coefficient (Wildman–Crippen LogP) is 4.94. The van der Waals surface area contributed by atoms with E-state index in [4.69, 9.17) is 9.47 Å². The van der Waals surface area contributed by atoms with Gasteiger partial charge in [-0.15, -0.1) is 0 Å². The summed E-state index contributed by atoms with van der Waals surface area (Å²) in [4.78, 5) is 34.7. The highest BCUT2D eigenvalue weighted by Gasteiger charge is 2.37. The number of nitrogens with one attached hydrogen (secondary N) is 2. The maximum absolute atomic E-state index is 14.4. The van der Waals surface area contributed by atoms with Crippen molar-refractivity contribution in [2.24, 2.45) is 0 Å². The molecule has 0 saturated carbocycles. The first kappa shape index (κ1) is 28.3. The number of ether oxygens (including phenoxy) is 2. The van der Waals surface area contributed by atoms with Crippen LogP contribution in [0.2, 0.25) is 0 Å². The van der Waals surface area contributed by atoms with Gasteiger partial charge in [0.25, 0.3) is 5.91 Å². The van der Waals surface area contributed by atoms with Crippen LogP contribution in [0.1, 0.15) is 44.7 Å². The Morgan fingerprint density at radius 1 is 1.15 bits per heavy atom. The average molecular weight is 574 g/mol. The molecule has 1 aliphatic carbocycles. The fourth-order valence-corrected chi connectivity index (χ4v) is 4.89. The smallest absolute Gasteiger partial charge is 0.423 e. The van der Waals surface area contributed by atoms with Crippen molar-refractivity contribution in [1.29, 1.82) is 0 Å². The summed E-state index contributed by atoms with van der Waals surface area (Å²) in [6.45, 7) is 0.873. The summed E-state index contributed by atoms with van der Waals surface area (Å²) in [6, 6.07) is 8.47. The number of piperidine rings is 1. The molecular formula is C28H27F4N5O4. The van der Waals surface area contributed by atoms with E-state index in [1.807, 2.05) is 11.9 Å². The average Bonchev–Trinajstić information content (AvgIpc) is 3.31. The Kier molecular flexibility index (Phi) is 7.80. The molecule has 1 aromatic heterocycles. The highest BCUT2D eigenvalue weighted by molar-refractivity contribution is 6.03. The Hall–Kier alpha value is -4.26. The van der Waals surface area contributed by atoms with Crippen molar-refractivity contribution in [2.75, 3.05) is 32.6 Å². The number of methoxy groups -OCH3 is 1. The van der Waals surface area contributed by atoms with Crippen molar-refractivity contribution in [3.05, 3.63) is 64.8 Å². The number of carbonyl (C=O) groups excluding carboxylic acids is 2. The van der Waals surface area contributed by atoms with E-state index in [-0.39, 0.29) is 53.0 Å². The Labute approximate surface area is 232 Å². The van der Waals surface area contributed by atoms with Crippen LogP contribution in [0.25, 0.3) is 0 Å². The maximum atomic E-state index is 14.4. The molecule has 41 heavy (non-hydrogen) atoms. The Balaban J connectivity index is 1.39. The van der Waals surface area contributed by atoms with Gasteiger partial charge in [-0.1, -0.05) is 12.1 Å². The number of alkyl halides is 4. The van der Waals surface area contributed by atoms with Crippen LogP contribution in [0.5, 0.6) is 17.4 Å². The number of halogens is 4. The summed E-state index contributed by atoms with van der Waals surface area (Å²) in [7, 11) is 3.16. The zero-order valence-corrected chi connectivity index (χ0v) is 22.2. The third-order valence-corrected chi connectivity index (χ3v) is 7.05. The number of likely N-dealkylation sites (tertiary alicyclic amines) is 1. The van der Waals surface area contributed by atoms with E-state index in [1.165, 1.54) is 31.4 Å². The number of anilines is 2. The van der Waals surface area contributed by atoms with Gasteiger partial charge in [0.05, 0.1) is 24.4 Å². The Morgan fingerprint density at radius 2 is 1.95 bits per heavy atom. The second-order valence-corrected chi connectivity index (χ2v) is 9.91. The summed E-state index contributed by atoms with van der Waals surface area (Å²) in [6.07, 6.45) is -4.25. The zero-order chi connectivity index (χ0) is 29.3. The number of rotatable bonds is 7. The van der Waals surface area contributed by atoms with Gasteiger partial charge in [0.15, 0.2) is 5.78 Å². The van der Waals surface area contributed by atoms with E-state index < -0.39 is 35.7 Å². The van der Waals surface area contributed by atoms with Crippen LogP contribution < -0.4 is 20.1 Å². The van der Waals surface area contributed by atoms with Gasteiger partial charge in [-0.3, -0.25) is 9.59 Å². The molecule has 1 unspecified atom stereocenters. The van der Waals surface area contributed by atoms with Gasteiger partial charge in [-0.25, -0.2) is 9.37 Å². The number of ketones is 1. The molecule has 1 saturated heterocycles. The third kappa shape index (κ3) is 6.09. The zero-order valence-electron chi connectivity index (χ0n) is 22.2. The standard InChI is InChI=1S/C28H27F4N5O4/c1-37-11-10-19(18(29)14-37)34-25(39)16-6-8-20(23(12-16)40-2)35-27-33-13-17(28(30,31)32)26(36-27)41-22-5-3-4-15-7-9-21(38)24(15)22/h3-6,8,12-13,18-19H,7,9-11,14H2,1-2H3,(H,34,39)(H,33,35,36)/t18-,19?/m0/s1. The van der Waals surface area contributed by atoms with Crippen molar-refractivity contribution >= 4 is 23.3 Å². The van der Waals surface area contributed by atoms with Crippen LogP contribution in [0.3, 0.4) is 0 Å². The normalized spacial score (nSPS) is 19.0. The molecule has 2 heterocycles. The molecule has 0 bridgehead atoms. The van der Waals surface area contributed by atoms with E-state index in [9.17, 15) is 27.2 Å². The first-order chi connectivity index (χ1) is 19.5. The summed E-state index contributed by atoms with van der Waals surface area (Å²) < 4.78 is 66.7. The maximum Gasteiger partial charge on any atom is 0.423 e. The number of aryl methyl sites for hydroxylation is 1. The monoisotopic (exact) mass is 573 g/mol. The van der Waals surface area contributed by atoms with E-state index in [0.717, 1.165) is 0 Å². The van der Waals surface area contributed by atoms with E-state index >= 15 is 0 Å². The largest absolute Gasteiger partial charge is 0.495 e. The number of Topliss-reactive ketones (excluding diaryl/α,β-unsaturated/α-hetero) is 1. The van der Waals surface area contributed by atoms with Crippen LogP contribution in [0.15, 0.2) is 42.6 Å². The molecule has 216 valence electrons. The predicted molar refractivity (Wildman–Crippen MR) is 141 cm³/mol. The molecule has 9 nitrogen and oxygen atoms in total. The molecule has 1 fully saturated rings. The molecule has 1 amide bonds. The van der Waals surface area contributed by atoms with E-state index in [2.05, 4.69) is 20.6 Å². The number of aromatic nitrogens is 2. The molecule has 2 atom stereocenters. The number of nitrogens with zero attached hydrogens (tertiary/aromatic N) is 3. The molecule has 2 aromatic carbocycles. The van der Waals surface area contributed by atoms with Crippen LogP contribution in [0.4, 0.5) is 29.2 Å². The second-order valence-electron chi connectivity index (χ2n) is 9.91. The molecule has 0 spiro atoms. The van der Waals surface area contributed by atoms with Gasteiger partial charge < -0.3 is 25.0 Å². The summed E-state index contributed by atoms with van der Waals surface area (Å²) in [5.41, 5.74) is 0.181. The van der Waals surface area contributed by atoms with Crippen LogP contribution in [0, 0.1) is 0 Å². The molecule has 1 aliphatic heterocycles. The van der Waals surface area contributed by atoms with Crippen LogP contribution >= 0.6 is 0 Å². The van der Waals surface area contributed by atoms with Crippen molar-refractivity contribution < 1.29 is 36.6 Å². The number of hydrogen-bond donors (Lipinski definition) is 2. The van der Waals surface area contributed by atoms with Crippen molar-refractivity contribution in [1.82, 2.24) is 20.2 Å². The number of amides is 1. The third-order valence-electron chi connectivity index (χ3n) is 7.05. The Bertz CT molecular complexity index is 1480. The van der Waals surface area contributed by atoms with Gasteiger partial charge in [0.2, 0.25) is 11.8 Å². The minimum absolute atomic E-state index is 0.0202. The van der Waals surface area contributed by atoms with Crippen molar-refractivity contribution in [3.63, 3.8) is 0 Å². The van der Waals surface area contributed by atoms with Crippen LogP contribution in [-0.2, 0) is 12.6 Å². The number of benzene rings is 2. The lowest BCUT2D eigenvalue weighted by atomic mass is 10.0. The van der Waals surface area contributed by atoms with E-state index in [1.54, 1.807) is 12.1 Å². The van der Waals surface area contributed by atoms with Crippen LogP contribution in [-0.4, -0.2) is 66.0 Å². The summed E-state index contributed by atoms with van der Waals surface area (Å²) in [5, 5.41) is 5.50. The molecular weight excluding hydrogens is 546 g/mol. The number of fused-ring (bicyclic) bond motifs is 1. The van der Waals surface area contributed by atoms with Gasteiger partial charge in [-0.2, -0.15) is 18.2 Å². The lowest BCUT2D eigenvalue weighted by Crippen LogP contribution is -2.51. The highest BCUT2D eigenvalue weighted by atomic mass is 19.4. The highest BCUT2D eigenvalue weighted by Crippen LogP contribution is 2.40. The number of hydrogen-bond acceptors (Lipinski definition) is 8. The molecule has 0 radical (unpaired) electrons. The molecule has 13 heteroatoms. The SMILES string of the molecule is COc1cc(C(=O)NC2CCN(C)C[C@@H]2F)ccc1Nc1ncc(C(F)(F)F)c(Oc2cccc3c2C(=O)CC3)n1. The topological polar surface area (TPSA) is 106 Å². The molecule has 2 aliphatic rings. The molecule has 5 rings (SSSR count). The first-order valence-electron chi connectivity index (χ1n) is 12.9. The van der Waals surface area contributed by atoms with Gasteiger partial charge >= 0.3 is 6.18 Å². The van der Waals surface area contributed by atoms with Gasteiger partial charge in [0.1, 0.15) is 23.2 Å². The minimum Gasteiger partial charge on any atom is -0.495 e. The first-order valence-corrected chi connectivity index (χ1v) is 12.9. The minimum atomic E-state index is -4.82. The van der Waals surface area contributed by atoms with Gasteiger partial charge in [0, 0.05) is 31.3 Å². The van der Waals surface area contributed by atoms with Gasteiger partial charge in [-0.05, 0) is 49.7 Å². The lowest BCUT2D eigenvalue weighted by molar-refractivity contribution is -0.139. The van der Waals surface area contributed by atoms with Crippen molar-refractivity contribution in [3.8, 4) is 17.4 Å². The molecule has 2 N–H and O–H groups in total. The summed E-state index contributed by atoms with van der Waals surface area (Å²) >= 11 is 0. The quantitative estimate of drug-likeness (QED) is 0.383. The fourth-order valence-electron chi connectivity index (χ4n) is 4.89. The second kappa shape index (κ2) is 11.3. The van der Waals surface area contributed by atoms with E-state index in [0.29, 0.717) is 31.1 Å². The fraction of sp³-hybridized carbons (Fsp3) is 0.357.